The number of hydrogen-bond donors (Lipinski definition) is 1. The number of ether oxygens (including phenoxy) is 2. The van der Waals surface area contributed by atoms with Crippen LogP contribution in [0.3, 0.4) is 0 Å². The molecule has 106 valence electrons. The van der Waals surface area contributed by atoms with E-state index in [-0.39, 0.29) is 25.6 Å². The quantitative estimate of drug-likeness (QED) is 0.854. The maximum Gasteiger partial charge on any atom is 0.238 e. The zero-order chi connectivity index (χ0) is 13.9. The van der Waals surface area contributed by atoms with E-state index in [1.807, 2.05) is 12.1 Å². The summed E-state index contributed by atoms with van der Waals surface area (Å²) < 4.78 is 35.2. The van der Waals surface area contributed by atoms with Crippen LogP contribution in [0.5, 0.6) is 5.75 Å². The van der Waals surface area contributed by atoms with Crippen molar-refractivity contribution in [2.24, 2.45) is 0 Å². The lowest BCUT2D eigenvalue weighted by molar-refractivity contribution is 0.00797. The van der Waals surface area contributed by atoms with Gasteiger partial charge in [-0.15, -0.1) is 0 Å². The Morgan fingerprint density at radius 2 is 2.11 bits per heavy atom. The molecule has 1 N–H and O–H groups in total. The maximum absolute atomic E-state index is 11.9. The molecule has 1 fully saturated rings. The van der Waals surface area contributed by atoms with E-state index in [1.165, 1.54) is 4.31 Å². The highest BCUT2D eigenvalue weighted by molar-refractivity contribution is 7.88. The minimum atomic E-state index is -3.41. The van der Waals surface area contributed by atoms with Crippen LogP contribution in [0.2, 0.25) is 0 Å². The summed E-state index contributed by atoms with van der Waals surface area (Å²) in [6.45, 7) is 0.256. The van der Waals surface area contributed by atoms with Gasteiger partial charge in [0.15, 0.2) is 5.94 Å². The Balaban J connectivity index is 2.10. The van der Waals surface area contributed by atoms with E-state index < -0.39 is 16.1 Å². The summed E-state index contributed by atoms with van der Waals surface area (Å²) >= 11 is 0. The average molecular weight is 287 g/mol. The first kappa shape index (κ1) is 14.3. The van der Waals surface area contributed by atoms with Crippen molar-refractivity contribution in [2.75, 3.05) is 26.2 Å². The third-order valence-corrected chi connectivity index (χ3v) is 4.47. The Kier molecular flexibility index (Phi) is 4.41. The minimum Gasteiger partial charge on any atom is -0.497 e. The fourth-order valence-corrected chi connectivity index (χ4v) is 3.11. The van der Waals surface area contributed by atoms with Gasteiger partial charge in [0.2, 0.25) is 10.0 Å². The molecule has 6 nitrogen and oxygen atoms in total. The monoisotopic (exact) mass is 287 g/mol. The number of benzene rings is 1. The van der Waals surface area contributed by atoms with Crippen molar-refractivity contribution in [3.05, 3.63) is 29.8 Å². The summed E-state index contributed by atoms with van der Waals surface area (Å²) in [6, 6.07) is 7.20. The molecule has 0 bridgehead atoms. The smallest absolute Gasteiger partial charge is 0.238 e. The lowest BCUT2D eigenvalue weighted by Gasteiger charge is -2.31. The van der Waals surface area contributed by atoms with E-state index >= 15 is 0 Å². The number of nitrogens with zero attached hydrogens (tertiary/aromatic N) is 1. The van der Waals surface area contributed by atoms with Crippen LogP contribution in [0.4, 0.5) is 0 Å². The zero-order valence-corrected chi connectivity index (χ0v) is 11.5. The number of sulfonamides is 1. The number of aliphatic hydroxyl groups is 1. The molecule has 1 aliphatic heterocycles. The largest absolute Gasteiger partial charge is 0.497 e. The summed E-state index contributed by atoms with van der Waals surface area (Å²) in [4.78, 5) is 0. The van der Waals surface area contributed by atoms with Crippen LogP contribution in [-0.4, -0.2) is 50.1 Å². The summed E-state index contributed by atoms with van der Waals surface area (Å²) in [6.07, 6.45) is -0.457. The second-order valence-electron chi connectivity index (χ2n) is 4.34. The molecule has 1 unspecified atom stereocenters. The fraction of sp³-hybridized carbons (Fsp3) is 0.500. The number of hydrogen-bond acceptors (Lipinski definition) is 5. The highest BCUT2D eigenvalue weighted by Crippen LogP contribution is 2.18. The van der Waals surface area contributed by atoms with E-state index in [9.17, 15) is 8.42 Å². The molecule has 0 spiro atoms. The first-order chi connectivity index (χ1) is 9.05. The van der Waals surface area contributed by atoms with E-state index in [2.05, 4.69) is 0 Å². The molecule has 1 saturated heterocycles. The summed E-state index contributed by atoms with van der Waals surface area (Å²) in [5.74, 6) is 0.343. The maximum atomic E-state index is 11.9. The van der Waals surface area contributed by atoms with E-state index in [0.717, 1.165) is 11.3 Å². The fourth-order valence-electron chi connectivity index (χ4n) is 1.86. The van der Waals surface area contributed by atoms with E-state index in [0.29, 0.717) is 0 Å². The first-order valence-corrected chi connectivity index (χ1v) is 7.49. The highest BCUT2D eigenvalue weighted by atomic mass is 32.2. The Hall–Kier alpha value is -1.15. The predicted molar refractivity (Wildman–Crippen MR) is 69.1 cm³/mol. The van der Waals surface area contributed by atoms with Crippen LogP contribution in [0.15, 0.2) is 24.3 Å². The standard InChI is InChI=1S/C12H17NO5S/c1-17-11-4-2-10(3-5-11)6-13-7-12(8-14)18-9-19(13,15)16/h2-5,12,14H,6-9H2,1H3. The van der Waals surface area contributed by atoms with Crippen molar-refractivity contribution in [2.45, 2.75) is 12.6 Å². The Labute approximate surface area is 112 Å². The number of methoxy groups -OCH3 is 1. The predicted octanol–water partition coefficient (Wildman–Crippen LogP) is 0.176. The van der Waals surface area contributed by atoms with Crippen LogP contribution >= 0.6 is 0 Å². The molecule has 0 aliphatic carbocycles. The molecule has 0 radical (unpaired) electrons. The van der Waals surface area contributed by atoms with Gasteiger partial charge >= 0.3 is 0 Å². The second kappa shape index (κ2) is 5.87. The van der Waals surface area contributed by atoms with Gasteiger partial charge in [0.05, 0.1) is 19.8 Å². The summed E-state index contributed by atoms with van der Waals surface area (Å²) in [7, 11) is -1.84. The van der Waals surface area contributed by atoms with Gasteiger partial charge in [0.25, 0.3) is 0 Å². The van der Waals surface area contributed by atoms with Crippen molar-refractivity contribution in [3.8, 4) is 5.75 Å². The molecule has 1 heterocycles. The lowest BCUT2D eigenvalue weighted by Crippen LogP contribution is -2.46. The van der Waals surface area contributed by atoms with Crippen molar-refractivity contribution in [1.82, 2.24) is 4.31 Å². The van der Waals surface area contributed by atoms with Gasteiger partial charge < -0.3 is 14.6 Å². The normalized spacial score (nSPS) is 23.2. The van der Waals surface area contributed by atoms with Crippen LogP contribution in [0, 0.1) is 0 Å². The van der Waals surface area contributed by atoms with Crippen LogP contribution in [0.25, 0.3) is 0 Å². The van der Waals surface area contributed by atoms with Gasteiger partial charge in [-0.25, -0.2) is 8.42 Å². The molecule has 0 saturated carbocycles. The minimum absolute atomic E-state index is 0.171. The molecule has 1 aromatic carbocycles. The molecule has 1 aromatic rings. The van der Waals surface area contributed by atoms with Gasteiger partial charge in [0.1, 0.15) is 5.75 Å². The third-order valence-electron chi connectivity index (χ3n) is 2.97. The van der Waals surface area contributed by atoms with Gasteiger partial charge in [-0.3, -0.25) is 0 Å². The van der Waals surface area contributed by atoms with Crippen molar-refractivity contribution >= 4 is 10.0 Å². The van der Waals surface area contributed by atoms with Crippen molar-refractivity contribution in [3.63, 3.8) is 0 Å². The van der Waals surface area contributed by atoms with Crippen LogP contribution in [-0.2, 0) is 21.3 Å². The van der Waals surface area contributed by atoms with Gasteiger partial charge in [-0.2, -0.15) is 4.31 Å². The topological polar surface area (TPSA) is 76.1 Å². The van der Waals surface area contributed by atoms with E-state index in [4.69, 9.17) is 14.6 Å². The zero-order valence-electron chi connectivity index (χ0n) is 10.7. The number of rotatable bonds is 4. The van der Waals surface area contributed by atoms with Gasteiger partial charge in [0, 0.05) is 13.1 Å². The molecule has 2 rings (SSSR count). The highest BCUT2D eigenvalue weighted by Gasteiger charge is 2.31. The molecular weight excluding hydrogens is 270 g/mol. The SMILES string of the molecule is COc1ccc(CN2CC(CO)OCS2(=O)=O)cc1. The Bertz CT molecular complexity index is 513. The van der Waals surface area contributed by atoms with E-state index in [1.54, 1.807) is 19.2 Å². The average Bonchev–Trinajstić information content (AvgIpc) is 2.42. The van der Waals surface area contributed by atoms with Crippen LogP contribution < -0.4 is 4.74 Å². The summed E-state index contributed by atoms with van der Waals surface area (Å²) in [5, 5.41) is 9.05. The van der Waals surface area contributed by atoms with Crippen LogP contribution in [0.1, 0.15) is 5.56 Å². The van der Waals surface area contributed by atoms with Gasteiger partial charge in [-0.1, -0.05) is 12.1 Å². The molecule has 19 heavy (non-hydrogen) atoms. The molecule has 1 aliphatic rings. The molecular formula is C12H17NO5S. The second-order valence-corrected chi connectivity index (χ2v) is 6.26. The van der Waals surface area contributed by atoms with Crippen molar-refractivity contribution in [1.29, 1.82) is 0 Å². The first-order valence-electron chi connectivity index (χ1n) is 5.88. The third kappa shape index (κ3) is 3.44. The number of aliphatic hydroxyl groups excluding tert-OH is 1. The molecule has 1 atom stereocenters. The van der Waals surface area contributed by atoms with Crippen molar-refractivity contribution < 1.29 is 23.0 Å². The Morgan fingerprint density at radius 1 is 1.42 bits per heavy atom. The Morgan fingerprint density at radius 3 is 2.68 bits per heavy atom. The molecule has 7 heteroatoms. The summed E-state index contributed by atoms with van der Waals surface area (Å²) in [5.41, 5.74) is 0.864. The molecule has 0 amide bonds. The van der Waals surface area contributed by atoms with Gasteiger partial charge in [-0.05, 0) is 17.7 Å². The molecule has 0 aromatic heterocycles. The lowest BCUT2D eigenvalue weighted by atomic mass is 10.2.